The highest BCUT2D eigenvalue weighted by molar-refractivity contribution is 5.65. The largest absolute Gasteiger partial charge is 0.497 e. The second kappa shape index (κ2) is 8.45. The number of pyridine rings is 1. The van der Waals surface area contributed by atoms with Crippen molar-refractivity contribution < 1.29 is 9.84 Å². The molecule has 3 aromatic rings. The van der Waals surface area contributed by atoms with Crippen LogP contribution in [0.2, 0.25) is 0 Å². The molecule has 0 radical (unpaired) electrons. The topological polar surface area (TPSA) is 45.6 Å². The Bertz CT molecular complexity index is 1000. The number of hydrogen-bond donors (Lipinski definition) is 1. The molecule has 1 aliphatic carbocycles. The van der Waals surface area contributed by atoms with Crippen molar-refractivity contribution in [3.8, 4) is 16.9 Å². The Labute approximate surface area is 184 Å². The molecule has 2 fully saturated rings. The number of rotatable bonds is 5. The van der Waals surface area contributed by atoms with Gasteiger partial charge in [-0.2, -0.15) is 0 Å². The van der Waals surface area contributed by atoms with Gasteiger partial charge in [-0.15, -0.1) is 0 Å². The monoisotopic (exact) mass is 414 g/mol. The summed E-state index contributed by atoms with van der Waals surface area (Å²) in [4.78, 5) is 7.06. The van der Waals surface area contributed by atoms with Crippen LogP contribution in [-0.2, 0) is 12.1 Å². The van der Waals surface area contributed by atoms with Crippen molar-refractivity contribution in [1.82, 2.24) is 9.88 Å². The summed E-state index contributed by atoms with van der Waals surface area (Å²) in [6.07, 6.45) is 5.14. The maximum Gasteiger partial charge on any atom is 0.119 e. The molecule has 0 unspecified atom stereocenters. The van der Waals surface area contributed by atoms with Gasteiger partial charge in [-0.1, -0.05) is 48.9 Å². The molecular weight excluding hydrogens is 384 g/mol. The predicted molar refractivity (Wildman–Crippen MR) is 123 cm³/mol. The lowest BCUT2D eigenvalue weighted by molar-refractivity contribution is -0.151. The molecule has 2 aliphatic rings. The van der Waals surface area contributed by atoms with Crippen LogP contribution in [0, 0.1) is 11.8 Å². The standard InChI is InChI=1S/C27H30N2O2/c1-31-25-9-4-6-22(16-25)21-13-11-20(12-14-21)17-29-18-23-7-5-8-24(19-29)27(23,30)26-10-2-3-15-28-26/h2-4,6,9-16,23-24,30H,5,7-8,17-19H2,1H3/t23-,24-/m1/s1. The molecule has 2 bridgehead atoms. The number of aromatic nitrogens is 1. The van der Waals surface area contributed by atoms with Gasteiger partial charge in [-0.3, -0.25) is 9.88 Å². The van der Waals surface area contributed by atoms with Crippen molar-refractivity contribution in [2.75, 3.05) is 20.2 Å². The average Bonchev–Trinajstić information content (AvgIpc) is 2.81. The average molecular weight is 415 g/mol. The van der Waals surface area contributed by atoms with Crippen LogP contribution >= 0.6 is 0 Å². The zero-order chi connectivity index (χ0) is 21.3. The molecule has 4 heteroatoms. The van der Waals surface area contributed by atoms with E-state index in [1.54, 1.807) is 13.3 Å². The highest BCUT2D eigenvalue weighted by atomic mass is 16.5. The number of likely N-dealkylation sites (tertiary alicyclic amines) is 1. The van der Waals surface area contributed by atoms with Crippen LogP contribution in [0.1, 0.15) is 30.5 Å². The Morgan fingerprint density at radius 3 is 2.42 bits per heavy atom. The van der Waals surface area contributed by atoms with Crippen molar-refractivity contribution in [1.29, 1.82) is 0 Å². The third kappa shape index (κ3) is 3.86. The molecule has 2 aromatic carbocycles. The summed E-state index contributed by atoms with van der Waals surface area (Å²) in [5, 5.41) is 11.7. The van der Waals surface area contributed by atoms with Gasteiger partial charge in [-0.25, -0.2) is 0 Å². The molecule has 0 spiro atoms. The summed E-state index contributed by atoms with van der Waals surface area (Å²) in [7, 11) is 1.70. The first-order chi connectivity index (χ1) is 15.2. The van der Waals surface area contributed by atoms with Crippen molar-refractivity contribution in [3.63, 3.8) is 0 Å². The zero-order valence-corrected chi connectivity index (χ0v) is 18.1. The van der Waals surface area contributed by atoms with Crippen molar-refractivity contribution in [3.05, 3.63) is 84.2 Å². The molecule has 1 saturated carbocycles. The highest BCUT2D eigenvalue weighted by Crippen LogP contribution is 2.48. The first-order valence-electron chi connectivity index (χ1n) is 11.3. The summed E-state index contributed by atoms with van der Waals surface area (Å²) < 4.78 is 5.35. The molecule has 31 heavy (non-hydrogen) atoms. The van der Waals surface area contributed by atoms with E-state index in [2.05, 4.69) is 46.3 Å². The lowest BCUT2D eigenvalue weighted by atomic mass is 9.64. The van der Waals surface area contributed by atoms with Gasteiger partial charge in [0.15, 0.2) is 0 Å². The number of hydrogen-bond acceptors (Lipinski definition) is 4. The van der Waals surface area contributed by atoms with E-state index in [1.165, 1.54) is 23.1 Å². The summed E-state index contributed by atoms with van der Waals surface area (Å²) in [6.45, 7) is 2.76. The fourth-order valence-electron chi connectivity index (χ4n) is 5.55. The Kier molecular flexibility index (Phi) is 5.51. The van der Waals surface area contributed by atoms with Crippen LogP contribution in [0.25, 0.3) is 11.1 Å². The van der Waals surface area contributed by atoms with Gasteiger partial charge >= 0.3 is 0 Å². The number of benzene rings is 2. The second-order valence-corrected chi connectivity index (χ2v) is 8.99. The minimum absolute atomic E-state index is 0.242. The third-order valence-corrected chi connectivity index (χ3v) is 7.15. The lowest BCUT2D eigenvalue weighted by Gasteiger charge is -2.52. The number of ether oxygens (including phenoxy) is 1. The third-order valence-electron chi connectivity index (χ3n) is 7.15. The van der Waals surface area contributed by atoms with E-state index in [4.69, 9.17) is 4.74 Å². The first-order valence-corrected chi connectivity index (χ1v) is 11.3. The van der Waals surface area contributed by atoms with E-state index in [9.17, 15) is 5.11 Å². The van der Waals surface area contributed by atoms with Gasteiger partial charge in [0.1, 0.15) is 11.4 Å². The molecule has 1 N–H and O–H groups in total. The summed E-state index contributed by atoms with van der Waals surface area (Å²) >= 11 is 0. The molecule has 1 aromatic heterocycles. The van der Waals surface area contributed by atoms with Crippen LogP contribution in [0.4, 0.5) is 0 Å². The van der Waals surface area contributed by atoms with Crippen LogP contribution in [-0.4, -0.2) is 35.2 Å². The van der Waals surface area contributed by atoms with Crippen molar-refractivity contribution in [2.45, 2.75) is 31.4 Å². The summed E-state index contributed by atoms with van der Waals surface area (Å²) in [5.74, 6) is 1.36. The van der Waals surface area contributed by atoms with E-state index in [1.807, 2.05) is 30.3 Å². The van der Waals surface area contributed by atoms with Crippen LogP contribution in [0.15, 0.2) is 72.9 Å². The first kappa shape index (κ1) is 20.2. The number of piperidine rings is 1. The van der Waals surface area contributed by atoms with Gasteiger partial charge in [0.2, 0.25) is 0 Å². The van der Waals surface area contributed by atoms with Crippen LogP contribution < -0.4 is 4.74 Å². The molecule has 2 heterocycles. The summed E-state index contributed by atoms with van der Waals surface area (Å²) in [5.41, 5.74) is 3.74. The fraction of sp³-hybridized carbons (Fsp3) is 0.370. The lowest BCUT2D eigenvalue weighted by Crippen LogP contribution is -2.58. The van der Waals surface area contributed by atoms with Gasteiger partial charge in [0, 0.05) is 37.7 Å². The molecule has 2 atom stereocenters. The maximum atomic E-state index is 11.7. The highest BCUT2D eigenvalue weighted by Gasteiger charge is 2.52. The van der Waals surface area contributed by atoms with Gasteiger partial charge < -0.3 is 9.84 Å². The van der Waals surface area contributed by atoms with Gasteiger partial charge in [-0.05, 0) is 53.8 Å². The molecule has 1 saturated heterocycles. The van der Waals surface area contributed by atoms with E-state index in [-0.39, 0.29) is 11.8 Å². The van der Waals surface area contributed by atoms with Crippen LogP contribution in [0.5, 0.6) is 5.75 Å². The maximum absolute atomic E-state index is 11.7. The predicted octanol–water partition coefficient (Wildman–Crippen LogP) is 4.88. The Morgan fingerprint density at radius 2 is 1.74 bits per heavy atom. The Morgan fingerprint density at radius 1 is 0.968 bits per heavy atom. The molecular formula is C27H30N2O2. The zero-order valence-electron chi connectivity index (χ0n) is 18.1. The van der Waals surface area contributed by atoms with E-state index in [0.717, 1.165) is 43.9 Å². The van der Waals surface area contributed by atoms with E-state index < -0.39 is 5.60 Å². The number of methoxy groups -OCH3 is 1. The number of nitrogens with zero attached hydrogens (tertiary/aromatic N) is 2. The fourth-order valence-corrected chi connectivity index (χ4v) is 5.55. The minimum atomic E-state index is -0.785. The molecule has 1 aliphatic heterocycles. The van der Waals surface area contributed by atoms with Crippen molar-refractivity contribution >= 4 is 0 Å². The Balaban J connectivity index is 1.31. The second-order valence-electron chi connectivity index (χ2n) is 8.99. The van der Waals surface area contributed by atoms with Gasteiger partial charge in [0.05, 0.1) is 12.8 Å². The SMILES string of the molecule is COc1cccc(-c2ccc(CN3C[C@H]4CCC[C@H](C3)C4(O)c3ccccn3)cc2)c1. The number of aliphatic hydroxyl groups is 1. The molecule has 160 valence electrons. The quantitative estimate of drug-likeness (QED) is 0.647. The van der Waals surface area contributed by atoms with E-state index >= 15 is 0 Å². The molecule has 0 amide bonds. The minimum Gasteiger partial charge on any atom is -0.497 e. The molecule has 5 rings (SSSR count). The van der Waals surface area contributed by atoms with Crippen molar-refractivity contribution in [2.24, 2.45) is 11.8 Å². The smallest absolute Gasteiger partial charge is 0.119 e. The van der Waals surface area contributed by atoms with E-state index in [0.29, 0.717) is 0 Å². The van der Waals surface area contributed by atoms with Gasteiger partial charge in [0.25, 0.3) is 0 Å². The van der Waals surface area contributed by atoms with Crippen LogP contribution in [0.3, 0.4) is 0 Å². The summed E-state index contributed by atoms with van der Waals surface area (Å²) in [6, 6.07) is 22.9. The Hall–Kier alpha value is -2.69. The number of fused-ring (bicyclic) bond motifs is 2. The normalized spacial score (nSPS) is 25.9. The molecule has 4 nitrogen and oxygen atoms in total.